The fourth-order valence-electron chi connectivity index (χ4n) is 2.44. The number of nitrogens with zero attached hydrogens (tertiary/aromatic N) is 2. The van der Waals surface area contributed by atoms with E-state index in [1.807, 2.05) is 48.5 Å². The number of benzene rings is 3. The lowest BCUT2D eigenvalue weighted by Gasteiger charge is -2.09. The van der Waals surface area contributed by atoms with Crippen molar-refractivity contribution < 1.29 is 4.74 Å². The van der Waals surface area contributed by atoms with Crippen LogP contribution in [0.15, 0.2) is 82.8 Å². The molecule has 122 valence electrons. The molecule has 1 aliphatic rings. The van der Waals surface area contributed by atoms with Crippen LogP contribution in [0.1, 0.15) is 11.1 Å². The quantitative estimate of drug-likeness (QED) is 0.532. The van der Waals surface area contributed by atoms with Gasteiger partial charge < -0.3 is 4.74 Å². The third kappa shape index (κ3) is 3.43. The molecule has 3 nitrogen and oxygen atoms in total. The molecule has 0 radical (unpaired) electrons. The Hall–Kier alpha value is -2.62. The smallest absolute Gasteiger partial charge is 0.229 e. The van der Waals surface area contributed by atoms with E-state index in [2.05, 4.69) is 9.98 Å². The van der Waals surface area contributed by atoms with Gasteiger partial charge in [0.2, 0.25) is 11.8 Å². The summed E-state index contributed by atoms with van der Waals surface area (Å²) < 4.78 is 6.06. The van der Waals surface area contributed by atoms with E-state index in [-0.39, 0.29) is 0 Å². The highest BCUT2D eigenvalue weighted by Gasteiger charge is 2.17. The molecule has 0 N–H and O–H groups in total. The molecule has 3 aromatic rings. The second-order valence-corrected chi connectivity index (χ2v) is 6.31. The lowest BCUT2D eigenvalue weighted by molar-refractivity contribution is 0.551. The van der Waals surface area contributed by atoms with E-state index >= 15 is 0 Å². The maximum absolute atomic E-state index is 6.06. The predicted molar refractivity (Wildman–Crippen MR) is 103 cm³/mol. The normalized spacial score (nSPS) is 13.2. The number of hydrogen-bond acceptors (Lipinski definition) is 3. The van der Waals surface area contributed by atoms with Crippen LogP contribution in [-0.2, 0) is 4.74 Å². The number of ether oxygens (including phenoxy) is 1. The fourth-order valence-corrected chi connectivity index (χ4v) is 2.69. The Morgan fingerprint density at radius 2 is 0.960 bits per heavy atom. The van der Waals surface area contributed by atoms with Crippen molar-refractivity contribution in [3.63, 3.8) is 0 Å². The maximum atomic E-state index is 6.06. The lowest BCUT2D eigenvalue weighted by Crippen LogP contribution is -2.13. The van der Waals surface area contributed by atoms with E-state index in [9.17, 15) is 0 Å². The van der Waals surface area contributed by atoms with Gasteiger partial charge in [0, 0.05) is 21.2 Å². The van der Waals surface area contributed by atoms with Gasteiger partial charge in [0.05, 0.1) is 11.4 Å². The van der Waals surface area contributed by atoms with E-state index in [0.29, 0.717) is 21.8 Å². The van der Waals surface area contributed by atoms with Crippen LogP contribution in [0.4, 0.5) is 11.4 Å². The van der Waals surface area contributed by atoms with Crippen LogP contribution in [0.25, 0.3) is 0 Å². The van der Waals surface area contributed by atoms with Gasteiger partial charge in [-0.15, -0.1) is 0 Å². The Bertz CT molecular complexity index is 897. The summed E-state index contributed by atoms with van der Waals surface area (Å²) in [6, 6.07) is 22.3. The minimum atomic E-state index is 0.468. The van der Waals surface area contributed by atoms with Gasteiger partial charge in [0.25, 0.3) is 0 Å². The average Bonchev–Trinajstić information content (AvgIpc) is 2.82. The third-order valence-corrected chi connectivity index (χ3v) is 4.21. The third-order valence-electron chi connectivity index (χ3n) is 3.70. The number of rotatable bonds is 2. The predicted octanol–water partition coefficient (Wildman–Crippen LogP) is 6.18. The SMILES string of the molecule is Clc1ccc(C2=Nc3ccccc3N=C(c3ccc(Cl)cc3)O2)cc1. The average molecular weight is 367 g/mol. The summed E-state index contributed by atoms with van der Waals surface area (Å²) in [6.07, 6.45) is 0. The number of fused-ring (bicyclic) bond motifs is 1. The molecule has 0 aromatic heterocycles. The summed E-state index contributed by atoms with van der Waals surface area (Å²) in [5.74, 6) is 0.936. The second-order valence-electron chi connectivity index (χ2n) is 5.44. The molecule has 0 saturated heterocycles. The molecule has 1 heterocycles. The van der Waals surface area contributed by atoms with Crippen LogP contribution >= 0.6 is 23.2 Å². The van der Waals surface area contributed by atoms with Crippen molar-refractivity contribution >= 4 is 46.4 Å². The highest BCUT2D eigenvalue weighted by atomic mass is 35.5. The van der Waals surface area contributed by atoms with Gasteiger partial charge in [0.1, 0.15) is 0 Å². The molecule has 0 spiro atoms. The summed E-state index contributed by atoms with van der Waals surface area (Å²) in [6.45, 7) is 0. The first kappa shape index (κ1) is 15.9. The van der Waals surface area contributed by atoms with Gasteiger partial charge in [-0.2, -0.15) is 0 Å². The molecule has 4 rings (SSSR count). The van der Waals surface area contributed by atoms with Gasteiger partial charge in [-0.3, -0.25) is 0 Å². The highest BCUT2D eigenvalue weighted by Crippen LogP contribution is 2.32. The Balaban J connectivity index is 1.84. The van der Waals surface area contributed by atoms with Gasteiger partial charge in [-0.25, -0.2) is 9.98 Å². The Morgan fingerprint density at radius 1 is 0.560 bits per heavy atom. The molecule has 1 aliphatic heterocycles. The largest absolute Gasteiger partial charge is 0.419 e. The standard InChI is InChI=1S/C20H12Cl2N2O/c21-15-9-5-13(6-10-15)19-23-17-3-1-2-4-18(17)24-20(25-19)14-7-11-16(22)12-8-14/h1-12H. The molecule has 3 aromatic carbocycles. The monoisotopic (exact) mass is 366 g/mol. The number of hydrogen-bond donors (Lipinski definition) is 0. The zero-order chi connectivity index (χ0) is 17.2. The van der Waals surface area contributed by atoms with Crippen molar-refractivity contribution in [1.82, 2.24) is 0 Å². The van der Waals surface area contributed by atoms with Crippen molar-refractivity contribution in [3.05, 3.63) is 94.0 Å². The van der Waals surface area contributed by atoms with E-state index in [1.165, 1.54) is 0 Å². The van der Waals surface area contributed by atoms with Crippen LogP contribution in [0, 0.1) is 0 Å². The van der Waals surface area contributed by atoms with Crippen molar-refractivity contribution in [3.8, 4) is 0 Å². The topological polar surface area (TPSA) is 34.0 Å². The van der Waals surface area contributed by atoms with Gasteiger partial charge in [-0.05, 0) is 60.7 Å². The first-order chi connectivity index (χ1) is 12.2. The zero-order valence-corrected chi connectivity index (χ0v) is 14.5. The summed E-state index contributed by atoms with van der Waals surface area (Å²) in [5, 5.41) is 1.31. The molecule has 0 fully saturated rings. The maximum Gasteiger partial charge on any atom is 0.229 e. The first-order valence-corrected chi connectivity index (χ1v) is 8.41. The molecule has 0 aliphatic carbocycles. The second kappa shape index (κ2) is 6.71. The molecule has 0 amide bonds. The van der Waals surface area contributed by atoms with Crippen LogP contribution in [0.5, 0.6) is 0 Å². The van der Waals surface area contributed by atoms with E-state index in [4.69, 9.17) is 27.9 Å². The molecular weight excluding hydrogens is 355 g/mol. The zero-order valence-electron chi connectivity index (χ0n) is 13.0. The van der Waals surface area contributed by atoms with Crippen LogP contribution in [-0.4, -0.2) is 11.8 Å². The molecule has 5 heteroatoms. The first-order valence-electron chi connectivity index (χ1n) is 7.65. The fraction of sp³-hybridized carbons (Fsp3) is 0. The minimum Gasteiger partial charge on any atom is -0.419 e. The van der Waals surface area contributed by atoms with Gasteiger partial charge in [-0.1, -0.05) is 35.3 Å². The Morgan fingerprint density at radius 3 is 1.36 bits per heavy atom. The van der Waals surface area contributed by atoms with E-state index in [0.717, 1.165) is 22.5 Å². The summed E-state index contributed by atoms with van der Waals surface area (Å²) >= 11 is 12.0. The number of halogens is 2. The Labute approximate surface area is 155 Å². The van der Waals surface area contributed by atoms with Gasteiger partial charge in [0.15, 0.2) is 0 Å². The number of para-hydroxylation sites is 2. The molecule has 0 saturated carbocycles. The van der Waals surface area contributed by atoms with Crippen LogP contribution in [0.2, 0.25) is 10.0 Å². The summed E-state index contributed by atoms with van der Waals surface area (Å²) in [7, 11) is 0. The van der Waals surface area contributed by atoms with E-state index < -0.39 is 0 Å². The van der Waals surface area contributed by atoms with Crippen molar-refractivity contribution in [2.75, 3.05) is 0 Å². The molecule has 0 atom stereocenters. The molecule has 0 bridgehead atoms. The summed E-state index contributed by atoms with van der Waals surface area (Å²) in [4.78, 5) is 9.29. The Kier molecular flexibility index (Phi) is 4.26. The molecule has 25 heavy (non-hydrogen) atoms. The van der Waals surface area contributed by atoms with Crippen LogP contribution in [0.3, 0.4) is 0 Å². The summed E-state index contributed by atoms with van der Waals surface area (Å²) in [5.41, 5.74) is 3.14. The van der Waals surface area contributed by atoms with Crippen molar-refractivity contribution in [1.29, 1.82) is 0 Å². The molecule has 0 unspecified atom stereocenters. The van der Waals surface area contributed by atoms with Crippen LogP contribution < -0.4 is 0 Å². The lowest BCUT2D eigenvalue weighted by atomic mass is 10.2. The highest BCUT2D eigenvalue weighted by molar-refractivity contribution is 6.31. The van der Waals surface area contributed by atoms with Crippen molar-refractivity contribution in [2.24, 2.45) is 9.98 Å². The van der Waals surface area contributed by atoms with E-state index in [1.54, 1.807) is 24.3 Å². The minimum absolute atomic E-state index is 0.468. The number of aliphatic imine (C=N–C) groups is 2. The molecular formula is C20H12Cl2N2O. The van der Waals surface area contributed by atoms with Crippen molar-refractivity contribution in [2.45, 2.75) is 0 Å². The van der Waals surface area contributed by atoms with Gasteiger partial charge >= 0.3 is 0 Å².